The van der Waals surface area contributed by atoms with Gasteiger partial charge in [-0.05, 0) is 22.0 Å². The van der Waals surface area contributed by atoms with Crippen LogP contribution in [0.5, 0.6) is 0 Å². The van der Waals surface area contributed by atoms with E-state index in [1.165, 1.54) is 0 Å². The van der Waals surface area contributed by atoms with Crippen LogP contribution in [0.2, 0.25) is 0 Å². The zero-order valence-electron chi connectivity index (χ0n) is 5.94. The van der Waals surface area contributed by atoms with E-state index in [1.54, 1.807) is 0 Å². The molecular weight excluding hydrogens is 251 g/mol. The number of carbonyl (C=O) groups excluding carboxylic acids is 1. The topological polar surface area (TPSA) is 29.4 Å². The summed E-state index contributed by atoms with van der Waals surface area (Å²) in [6.07, 6.45) is 1.03. The van der Waals surface area contributed by atoms with Gasteiger partial charge in [0, 0.05) is 0 Å². The largest absolute Gasteiger partial charge is 0.240 e. The van der Waals surface area contributed by atoms with Gasteiger partial charge in [-0.15, -0.1) is 0 Å². The third-order valence-corrected chi connectivity index (χ3v) is 1.85. The van der Waals surface area contributed by atoms with Crippen LogP contribution in [-0.2, 0) is 4.79 Å². The first-order valence-corrected chi connectivity index (χ1v) is 3.78. The smallest absolute Gasteiger partial charge is 0.211 e. The molecule has 13 heavy (non-hydrogen) atoms. The lowest BCUT2D eigenvalue weighted by molar-refractivity contribution is 0.447. The van der Waals surface area contributed by atoms with E-state index in [1.807, 2.05) is 0 Å². The minimum Gasteiger partial charge on any atom is -0.211 e. The molecule has 0 bridgehead atoms. The summed E-state index contributed by atoms with van der Waals surface area (Å²) < 4.78 is 37.7. The number of hydrogen-bond donors (Lipinski definition) is 0. The molecule has 0 aliphatic heterocycles. The molecule has 0 aliphatic rings. The highest BCUT2D eigenvalue weighted by Crippen LogP contribution is 2.31. The van der Waals surface area contributed by atoms with E-state index in [4.69, 9.17) is 0 Å². The molecule has 0 amide bonds. The summed E-state index contributed by atoms with van der Waals surface area (Å²) in [6, 6.07) is 0.675. The van der Waals surface area contributed by atoms with Gasteiger partial charge in [0.1, 0.15) is 5.69 Å². The molecule has 6 heteroatoms. The van der Waals surface area contributed by atoms with E-state index in [9.17, 15) is 18.0 Å². The Kier molecular flexibility index (Phi) is 2.85. The summed E-state index contributed by atoms with van der Waals surface area (Å²) in [6.45, 7) is 0. The monoisotopic (exact) mass is 251 g/mol. The van der Waals surface area contributed by atoms with Gasteiger partial charge in [-0.2, -0.15) is 4.99 Å². The summed E-state index contributed by atoms with van der Waals surface area (Å²) in [7, 11) is 0. The Balaban J connectivity index is 3.52. The quantitative estimate of drug-likeness (QED) is 0.327. The van der Waals surface area contributed by atoms with Crippen molar-refractivity contribution in [3.8, 4) is 0 Å². The Bertz CT molecular complexity index is 401. The molecule has 0 aliphatic carbocycles. The molecule has 1 rings (SSSR count). The third kappa shape index (κ3) is 1.79. The van der Waals surface area contributed by atoms with Crippen LogP contribution >= 0.6 is 15.9 Å². The lowest BCUT2D eigenvalue weighted by Crippen LogP contribution is -1.91. The fourth-order valence-corrected chi connectivity index (χ4v) is 1.17. The van der Waals surface area contributed by atoms with Crippen LogP contribution < -0.4 is 0 Å². The summed E-state index contributed by atoms with van der Waals surface area (Å²) in [5, 5.41) is 0. The van der Waals surface area contributed by atoms with Gasteiger partial charge in [-0.3, -0.25) is 0 Å². The van der Waals surface area contributed by atoms with E-state index < -0.39 is 23.1 Å². The molecule has 0 radical (unpaired) electrons. The van der Waals surface area contributed by atoms with Crippen LogP contribution in [0.15, 0.2) is 15.5 Å². The predicted octanol–water partition coefficient (Wildman–Crippen LogP) is 2.83. The molecule has 0 atom stereocenters. The third-order valence-electron chi connectivity index (χ3n) is 1.25. The number of isocyanates is 1. The Hall–Kier alpha value is -1.13. The average molecular weight is 252 g/mol. The van der Waals surface area contributed by atoms with Crippen molar-refractivity contribution in [1.82, 2.24) is 0 Å². The summed E-state index contributed by atoms with van der Waals surface area (Å²) in [4.78, 5) is 12.7. The molecule has 1 aromatic carbocycles. The van der Waals surface area contributed by atoms with Crippen LogP contribution in [0.4, 0.5) is 18.9 Å². The van der Waals surface area contributed by atoms with Crippen LogP contribution in [0, 0.1) is 17.5 Å². The van der Waals surface area contributed by atoms with E-state index in [0.29, 0.717) is 6.07 Å². The molecule has 0 unspecified atom stereocenters. The van der Waals surface area contributed by atoms with Crippen molar-refractivity contribution in [3.63, 3.8) is 0 Å². The second kappa shape index (κ2) is 3.72. The van der Waals surface area contributed by atoms with Crippen LogP contribution in [0.3, 0.4) is 0 Å². The second-order valence-corrected chi connectivity index (χ2v) is 2.87. The maximum absolute atomic E-state index is 12.8. The van der Waals surface area contributed by atoms with Gasteiger partial charge in [0.25, 0.3) is 0 Å². The summed E-state index contributed by atoms with van der Waals surface area (Å²) in [5.41, 5.74) is -0.603. The fraction of sp³-hybridized carbons (Fsp3) is 0. The molecule has 0 N–H and O–H groups in total. The van der Waals surface area contributed by atoms with E-state index in [0.717, 1.165) is 6.08 Å². The Morgan fingerprint density at radius 3 is 2.46 bits per heavy atom. The number of hydrogen-bond acceptors (Lipinski definition) is 2. The molecule has 0 saturated heterocycles. The van der Waals surface area contributed by atoms with Gasteiger partial charge in [0.15, 0.2) is 17.5 Å². The number of benzene rings is 1. The van der Waals surface area contributed by atoms with Gasteiger partial charge in [0.2, 0.25) is 6.08 Å². The SMILES string of the molecule is O=C=Nc1c(Br)cc(F)c(F)c1F. The normalized spacial score (nSPS) is 9.54. The van der Waals surface area contributed by atoms with E-state index in [2.05, 4.69) is 20.9 Å². The Labute approximate surface area is 79.2 Å². The molecule has 0 aromatic heterocycles. The first kappa shape index (κ1) is 9.95. The molecule has 68 valence electrons. The number of aliphatic imine (C=N–C) groups is 1. The fourth-order valence-electron chi connectivity index (χ4n) is 0.705. The van der Waals surface area contributed by atoms with Crippen LogP contribution in [0.25, 0.3) is 0 Å². The molecule has 0 spiro atoms. The first-order chi connectivity index (χ1) is 6.07. The van der Waals surface area contributed by atoms with Crippen molar-refractivity contribution in [3.05, 3.63) is 28.0 Å². The number of rotatable bonds is 1. The van der Waals surface area contributed by atoms with Crippen molar-refractivity contribution < 1.29 is 18.0 Å². The van der Waals surface area contributed by atoms with Crippen LogP contribution in [0.1, 0.15) is 0 Å². The van der Waals surface area contributed by atoms with Gasteiger partial charge >= 0.3 is 0 Å². The highest BCUT2D eigenvalue weighted by atomic mass is 79.9. The summed E-state index contributed by atoms with van der Waals surface area (Å²) >= 11 is 2.71. The van der Waals surface area contributed by atoms with Gasteiger partial charge in [0.05, 0.1) is 4.47 Å². The molecule has 1 aromatic rings. The Morgan fingerprint density at radius 2 is 1.92 bits per heavy atom. The predicted molar refractivity (Wildman–Crippen MR) is 41.8 cm³/mol. The van der Waals surface area contributed by atoms with Crippen molar-refractivity contribution in [2.75, 3.05) is 0 Å². The lowest BCUT2D eigenvalue weighted by Gasteiger charge is -2.00. The zero-order chi connectivity index (χ0) is 10.0. The van der Waals surface area contributed by atoms with Crippen molar-refractivity contribution >= 4 is 27.7 Å². The second-order valence-electron chi connectivity index (χ2n) is 2.02. The summed E-state index contributed by atoms with van der Waals surface area (Å²) in [5.74, 6) is -4.54. The molecular formula is C7HBrF3NO. The van der Waals surface area contributed by atoms with Crippen molar-refractivity contribution in [1.29, 1.82) is 0 Å². The minimum atomic E-state index is -1.67. The van der Waals surface area contributed by atoms with E-state index >= 15 is 0 Å². The standard InChI is InChI=1S/C7HBrF3NO/c8-3-1-4(9)5(10)6(11)7(3)12-2-13/h1H. The van der Waals surface area contributed by atoms with Gasteiger partial charge < -0.3 is 0 Å². The molecule has 2 nitrogen and oxygen atoms in total. The molecule has 0 heterocycles. The highest BCUT2D eigenvalue weighted by Gasteiger charge is 2.16. The first-order valence-electron chi connectivity index (χ1n) is 2.98. The van der Waals surface area contributed by atoms with Gasteiger partial charge in [-0.25, -0.2) is 18.0 Å². The molecule has 0 fully saturated rings. The Morgan fingerprint density at radius 1 is 1.31 bits per heavy atom. The lowest BCUT2D eigenvalue weighted by atomic mass is 10.3. The van der Waals surface area contributed by atoms with Crippen molar-refractivity contribution in [2.24, 2.45) is 4.99 Å². The number of nitrogens with zero attached hydrogens (tertiary/aromatic N) is 1. The molecule has 0 saturated carbocycles. The number of halogens is 4. The minimum absolute atomic E-state index is 0.146. The maximum atomic E-state index is 12.8. The van der Waals surface area contributed by atoms with Crippen molar-refractivity contribution in [2.45, 2.75) is 0 Å². The van der Waals surface area contributed by atoms with Gasteiger partial charge in [-0.1, -0.05) is 0 Å². The highest BCUT2D eigenvalue weighted by molar-refractivity contribution is 9.10. The zero-order valence-corrected chi connectivity index (χ0v) is 7.53. The van der Waals surface area contributed by atoms with E-state index in [-0.39, 0.29) is 4.47 Å². The average Bonchev–Trinajstić information content (AvgIpc) is 2.09. The van der Waals surface area contributed by atoms with Crippen LogP contribution in [-0.4, -0.2) is 6.08 Å². The maximum Gasteiger partial charge on any atom is 0.240 e.